The van der Waals surface area contributed by atoms with Crippen LogP contribution in [-0.4, -0.2) is 8.54 Å². The largest absolute Gasteiger partial charge is 0.249 e. The van der Waals surface area contributed by atoms with E-state index in [1.165, 1.54) is 0 Å². The van der Waals surface area contributed by atoms with Gasteiger partial charge >= 0.3 is 0 Å². The zero-order chi connectivity index (χ0) is 11.6. The first-order chi connectivity index (χ1) is 7.58. The van der Waals surface area contributed by atoms with Crippen LogP contribution < -0.4 is 0 Å². The van der Waals surface area contributed by atoms with Crippen molar-refractivity contribution in [2.24, 2.45) is 0 Å². The number of allylic oxidation sites excluding steroid dienone is 3. The molecule has 4 heteroatoms. The fraction of sp³-hybridized carbons (Fsp3) is 0.167. The van der Waals surface area contributed by atoms with Crippen molar-refractivity contribution in [3.05, 3.63) is 53.5 Å². The van der Waals surface area contributed by atoms with Gasteiger partial charge in [-0.3, -0.25) is 0 Å². The Hall–Kier alpha value is -0.570. The van der Waals surface area contributed by atoms with Gasteiger partial charge in [0.05, 0.1) is 10.8 Å². The molecule has 2 rings (SSSR count). The SMILES string of the molecule is O=[S@@](C1=CCC(Cl)(Cl)C=C1)c1ccccc1. The first-order valence-corrected chi connectivity index (χ1v) is 6.73. The first kappa shape index (κ1) is 11.9. The second-order valence-corrected chi connectivity index (χ2v) is 6.51. The molecule has 1 aliphatic carbocycles. The van der Waals surface area contributed by atoms with E-state index in [0.29, 0.717) is 6.42 Å². The van der Waals surface area contributed by atoms with Crippen LogP contribution in [0.1, 0.15) is 6.42 Å². The van der Waals surface area contributed by atoms with Crippen molar-refractivity contribution in [1.29, 1.82) is 0 Å². The number of hydrogen-bond acceptors (Lipinski definition) is 1. The molecule has 1 aliphatic rings. The van der Waals surface area contributed by atoms with Crippen LogP contribution in [0.5, 0.6) is 0 Å². The lowest BCUT2D eigenvalue weighted by Gasteiger charge is -2.17. The summed E-state index contributed by atoms with van der Waals surface area (Å²) in [5.74, 6) is 0. The fourth-order valence-electron chi connectivity index (χ4n) is 1.39. The van der Waals surface area contributed by atoms with Crippen LogP contribution in [0.4, 0.5) is 0 Å². The molecular formula is C12H10Cl2OS. The van der Waals surface area contributed by atoms with Gasteiger partial charge in [0, 0.05) is 16.2 Å². The smallest absolute Gasteiger partial charge is 0.140 e. The Morgan fingerprint density at radius 3 is 2.44 bits per heavy atom. The van der Waals surface area contributed by atoms with E-state index in [9.17, 15) is 4.21 Å². The molecule has 16 heavy (non-hydrogen) atoms. The molecule has 0 spiro atoms. The van der Waals surface area contributed by atoms with Gasteiger partial charge in [0.1, 0.15) is 4.33 Å². The van der Waals surface area contributed by atoms with Crippen LogP contribution in [-0.2, 0) is 10.8 Å². The highest BCUT2D eigenvalue weighted by molar-refractivity contribution is 7.89. The number of alkyl halides is 2. The third kappa shape index (κ3) is 2.76. The van der Waals surface area contributed by atoms with Gasteiger partial charge in [-0.2, -0.15) is 0 Å². The van der Waals surface area contributed by atoms with Gasteiger partial charge in [0.15, 0.2) is 0 Å². The van der Waals surface area contributed by atoms with Crippen LogP contribution in [0.25, 0.3) is 0 Å². The highest BCUT2D eigenvalue weighted by Crippen LogP contribution is 2.33. The van der Waals surface area contributed by atoms with Crippen molar-refractivity contribution >= 4 is 34.0 Å². The Kier molecular flexibility index (Phi) is 3.53. The van der Waals surface area contributed by atoms with E-state index in [-0.39, 0.29) is 0 Å². The van der Waals surface area contributed by atoms with Crippen molar-refractivity contribution in [3.63, 3.8) is 0 Å². The average molecular weight is 273 g/mol. The normalized spacial score (nSPS) is 20.2. The minimum absolute atomic E-state index is 0.487. The molecule has 0 aromatic heterocycles. The summed E-state index contributed by atoms with van der Waals surface area (Å²) >= 11 is 11.8. The quantitative estimate of drug-likeness (QED) is 0.749. The van der Waals surface area contributed by atoms with E-state index in [2.05, 4.69) is 0 Å². The highest BCUT2D eigenvalue weighted by Gasteiger charge is 2.23. The lowest BCUT2D eigenvalue weighted by atomic mass is 10.2. The Morgan fingerprint density at radius 1 is 1.19 bits per heavy atom. The third-order valence-electron chi connectivity index (χ3n) is 2.24. The molecule has 0 bridgehead atoms. The van der Waals surface area contributed by atoms with E-state index < -0.39 is 15.1 Å². The summed E-state index contributed by atoms with van der Waals surface area (Å²) in [6.45, 7) is 0. The number of hydrogen-bond donors (Lipinski definition) is 0. The average Bonchev–Trinajstić information content (AvgIpc) is 2.29. The summed E-state index contributed by atoms with van der Waals surface area (Å²) in [5.41, 5.74) is 0. The predicted octanol–water partition coefficient (Wildman–Crippen LogP) is 3.81. The molecule has 1 aromatic rings. The van der Waals surface area contributed by atoms with E-state index in [1.807, 2.05) is 36.4 Å². The van der Waals surface area contributed by atoms with Crippen molar-refractivity contribution in [1.82, 2.24) is 0 Å². The van der Waals surface area contributed by atoms with Crippen LogP contribution in [0, 0.1) is 0 Å². The van der Waals surface area contributed by atoms with Crippen molar-refractivity contribution < 1.29 is 4.21 Å². The molecule has 0 N–H and O–H groups in total. The van der Waals surface area contributed by atoms with Crippen LogP contribution in [0.15, 0.2) is 58.4 Å². The molecule has 0 amide bonds. The molecule has 0 fully saturated rings. The maximum absolute atomic E-state index is 12.1. The number of halogens is 2. The summed E-state index contributed by atoms with van der Waals surface area (Å²) in [4.78, 5) is 1.54. The molecule has 1 nitrogen and oxygen atoms in total. The summed E-state index contributed by atoms with van der Waals surface area (Å²) < 4.78 is 11.3. The standard InChI is InChI=1S/C12H10Cl2OS/c13-12(14)8-6-11(7-9-12)16(15)10-4-2-1-3-5-10/h1-8H,9H2/t16-/m1/s1. The minimum atomic E-state index is -1.15. The lowest BCUT2D eigenvalue weighted by molar-refractivity contribution is 0.687. The maximum atomic E-state index is 12.1. The highest BCUT2D eigenvalue weighted by atomic mass is 35.5. The van der Waals surface area contributed by atoms with E-state index in [4.69, 9.17) is 23.2 Å². The second kappa shape index (κ2) is 4.74. The van der Waals surface area contributed by atoms with Crippen molar-refractivity contribution in [2.75, 3.05) is 0 Å². The summed E-state index contributed by atoms with van der Waals surface area (Å²) in [7, 11) is -1.15. The molecule has 0 heterocycles. The van der Waals surface area contributed by atoms with Gasteiger partial charge < -0.3 is 0 Å². The molecule has 1 aromatic carbocycles. The fourth-order valence-corrected chi connectivity index (χ4v) is 2.78. The van der Waals surface area contributed by atoms with E-state index >= 15 is 0 Å². The Bertz CT molecular complexity index is 463. The molecule has 84 valence electrons. The van der Waals surface area contributed by atoms with Gasteiger partial charge in [0.25, 0.3) is 0 Å². The van der Waals surface area contributed by atoms with E-state index in [0.717, 1.165) is 9.80 Å². The zero-order valence-electron chi connectivity index (χ0n) is 8.40. The Morgan fingerprint density at radius 2 is 1.88 bits per heavy atom. The van der Waals surface area contributed by atoms with Crippen LogP contribution >= 0.6 is 23.2 Å². The molecule has 0 aliphatic heterocycles. The van der Waals surface area contributed by atoms with Crippen molar-refractivity contribution in [3.8, 4) is 0 Å². The molecule has 1 atom stereocenters. The number of benzene rings is 1. The van der Waals surface area contributed by atoms with Gasteiger partial charge in [-0.25, -0.2) is 4.21 Å². The van der Waals surface area contributed by atoms with Crippen LogP contribution in [0.3, 0.4) is 0 Å². The lowest BCUT2D eigenvalue weighted by Crippen LogP contribution is -2.11. The minimum Gasteiger partial charge on any atom is -0.249 e. The zero-order valence-corrected chi connectivity index (χ0v) is 10.7. The molecular weight excluding hydrogens is 263 g/mol. The second-order valence-electron chi connectivity index (χ2n) is 3.49. The predicted molar refractivity (Wildman–Crippen MR) is 69.1 cm³/mol. The van der Waals surface area contributed by atoms with Crippen molar-refractivity contribution in [2.45, 2.75) is 15.6 Å². The van der Waals surface area contributed by atoms with Crippen LogP contribution in [0.2, 0.25) is 0 Å². The molecule has 0 saturated heterocycles. The maximum Gasteiger partial charge on any atom is 0.140 e. The van der Waals surface area contributed by atoms with Gasteiger partial charge in [-0.1, -0.05) is 47.5 Å². The van der Waals surface area contributed by atoms with E-state index in [1.54, 1.807) is 12.2 Å². The first-order valence-electron chi connectivity index (χ1n) is 4.82. The Labute approximate surface area is 107 Å². The third-order valence-corrected chi connectivity index (χ3v) is 4.23. The summed E-state index contributed by atoms with van der Waals surface area (Å²) in [6.07, 6.45) is 5.71. The summed E-state index contributed by atoms with van der Waals surface area (Å²) in [6, 6.07) is 9.32. The summed E-state index contributed by atoms with van der Waals surface area (Å²) in [5, 5.41) is 0. The monoisotopic (exact) mass is 272 g/mol. The van der Waals surface area contributed by atoms with Gasteiger partial charge in [-0.15, -0.1) is 0 Å². The molecule has 0 radical (unpaired) electrons. The topological polar surface area (TPSA) is 17.1 Å². The molecule has 0 saturated carbocycles. The number of rotatable bonds is 2. The Balaban J connectivity index is 2.20. The van der Waals surface area contributed by atoms with Gasteiger partial charge in [0.2, 0.25) is 0 Å². The molecule has 0 unspecified atom stereocenters. The van der Waals surface area contributed by atoms with Gasteiger partial charge in [-0.05, 0) is 24.3 Å².